The van der Waals surface area contributed by atoms with Crippen molar-refractivity contribution in [3.63, 3.8) is 0 Å². The zero-order valence-corrected chi connectivity index (χ0v) is 21.4. The summed E-state index contributed by atoms with van der Waals surface area (Å²) in [6.07, 6.45) is 14.2. The van der Waals surface area contributed by atoms with Crippen LogP contribution in [0.2, 0.25) is 0 Å². The maximum Gasteiger partial charge on any atom is 0.0696 e. The van der Waals surface area contributed by atoms with Crippen LogP contribution in [0.3, 0.4) is 0 Å². The highest BCUT2D eigenvalue weighted by atomic mass is 15.1. The second-order valence-electron chi connectivity index (χ2n) is 6.57. The van der Waals surface area contributed by atoms with Crippen LogP contribution in [0, 0.1) is 0 Å². The molecule has 2 rings (SSSR count). The van der Waals surface area contributed by atoms with Crippen molar-refractivity contribution in [3.05, 3.63) is 71.0 Å². The van der Waals surface area contributed by atoms with Gasteiger partial charge in [0.1, 0.15) is 0 Å². The van der Waals surface area contributed by atoms with Crippen LogP contribution >= 0.6 is 0 Å². The van der Waals surface area contributed by atoms with E-state index >= 15 is 0 Å². The molecule has 0 aromatic heterocycles. The topological polar surface area (TPSA) is 15.6 Å². The summed E-state index contributed by atoms with van der Waals surface area (Å²) in [6, 6.07) is 0. The Bertz CT molecular complexity index is 644. The molecule has 0 N–H and O–H groups in total. The maximum absolute atomic E-state index is 4.78. The van der Waals surface area contributed by atoms with Gasteiger partial charge in [-0.3, -0.25) is 4.99 Å². The quantitative estimate of drug-likeness (QED) is 0.423. The van der Waals surface area contributed by atoms with Gasteiger partial charge in [0.2, 0.25) is 0 Å². The third kappa shape index (κ3) is 9.26. The summed E-state index contributed by atoms with van der Waals surface area (Å²) in [5, 5.41) is 0. The summed E-state index contributed by atoms with van der Waals surface area (Å²) in [6.45, 7) is 26.4. The van der Waals surface area contributed by atoms with Gasteiger partial charge in [0.25, 0.3) is 0 Å². The van der Waals surface area contributed by atoms with Crippen molar-refractivity contribution in [1.29, 1.82) is 0 Å². The number of nitrogens with zero attached hydrogens (tertiary/aromatic N) is 2. The van der Waals surface area contributed by atoms with E-state index < -0.39 is 0 Å². The number of hydrogen-bond donors (Lipinski definition) is 0. The second-order valence-corrected chi connectivity index (χ2v) is 6.57. The first-order valence-electron chi connectivity index (χ1n) is 11.9. The van der Waals surface area contributed by atoms with Gasteiger partial charge in [0.15, 0.2) is 0 Å². The molecule has 0 spiro atoms. The van der Waals surface area contributed by atoms with E-state index in [0.29, 0.717) is 0 Å². The largest absolute Gasteiger partial charge is 0.306 e. The predicted molar refractivity (Wildman–Crippen MR) is 140 cm³/mol. The fourth-order valence-electron chi connectivity index (χ4n) is 3.44. The van der Waals surface area contributed by atoms with Crippen molar-refractivity contribution in [2.24, 2.45) is 4.99 Å². The summed E-state index contributed by atoms with van der Waals surface area (Å²) in [4.78, 5) is 7.18. The predicted octanol–water partition coefficient (Wildman–Crippen LogP) is 8.47. The van der Waals surface area contributed by atoms with Crippen LogP contribution in [0.25, 0.3) is 0 Å². The number of aliphatic imine (C=N–C) groups is 1. The summed E-state index contributed by atoms with van der Waals surface area (Å²) < 4.78 is 0. The van der Waals surface area contributed by atoms with Gasteiger partial charge >= 0.3 is 0 Å². The van der Waals surface area contributed by atoms with Gasteiger partial charge in [-0.1, -0.05) is 84.6 Å². The minimum atomic E-state index is 1.03. The lowest BCUT2D eigenvalue weighted by atomic mass is 9.88. The summed E-state index contributed by atoms with van der Waals surface area (Å²) in [7, 11) is 2.20. The molecule has 0 aromatic carbocycles. The normalized spacial score (nSPS) is 17.5. The highest BCUT2D eigenvalue weighted by Gasteiger charge is 2.23. The van der Waals surface area contributed by atoms with E-state index in [1.54, 1.807) is 6.08 Å². The lowest BCUT2D eigenvalue weighted by Crippen LogP contribution is -2.27. The molecule has 1 aliphatic carbocycles. The molecule has 0 amide bonds. The smallest absolute Gasteiger partial charge is 0.0696 e. The van der Waals surface area contributed by atoms with Gasteiger partial charge in [0, 0.05) is 24.9 Å². The third-order valence-corrected chi connectivity index (χ3v) is 4.86. The molecule has 1 fully saturated rings. The van der Waals surface area contributed by atoms with Crippen LogP contribution in [0.15, 0.2) is 76.0 Å². The monoisotopic (exact) mass is 412 g/mol. The van der Waals surface area contributed by atoms with Crippen molar-refractivity contribution >= 4 is 6.21 Å². The number of rotatable bonds is 4. The Kier molecular flexibility index (Phi) is 19.2. The van der Waals surface area contributed by atoms with Crippen molar-refractivity contribution in [2.45, 2.75) is 81.1 Å². The zero-order chi connectivity index (χ0) is 23.5. The van der Waals surface area contributed by atoms with Gasteiger partial charge < -0.3 is 4.90 Å². The van der Waals surface area contributed by atoms with E-state index in [1.807, 2.05) is 53.8 Å². The summed E-state index contributed by atoms with van der Waals surface area (Å²) in [5.74, 6) is 0. The first-order chi connectivity index (χ1) is 14.6. The molecule has 0 unspecified atom stereocenters. The molecule has 170 valence electrons. The molecular formula is C28H48N2. The number of allylic oxidation sites excluding steroid dienone is 7. The minimum absolute atomic E-state index is 1.03. The fourth-order valence-corrected chi connectivity index (χ4v) is 3.44. The number of hydrogen-bond acceptors (Lipinski definition) is 2. The Morgan fingerprint density at radius 3 is 1.93 bits per heavy atom. The minimum Gasteiger partial charge on any atom is -0.306 e. The van der Waals surface area contributed by atoms with Crippen LogP contribution in [0.4, 0.5) is 0 Å². The number of piperidine rings is 1. The Morgan fingerprint density at radius 1 is 0.900 bits per heavy atom. The van der Waals surface area contributed by atoms with E-state index in [0.717, 1.165) is 44.5 Å². The Morgan fingerprint density at radius 2 is 1.47 bits per heavy atom. The first kappa shape index (κ1) is 30.3. The Balaban J connectivity index is 0. The van der Waals surface area contributed by atoms with E-state index in [9.17, 15) is 0 Å². The molecule has 0 aromatic rings. The van der Waals surface area contributed by atoms with Crippen molar-refractivity contribution in [3.8, 4) is 0 Å². The van der Waals surface area contributed by atoms with Gasteiger partial charge in [-0.2, -0.15) is 0 Å². The lowest BCUT2D eigenvalue weighted by Gasteiger charge is -2.27. The molecule has 0 saturated carbocycles. The number of likely N-dealkylation sites (tertiary alicyclic amines) is 1. The highest BCUT2D eigenvalue weighted by Crippen LogP contribution is 2.39. The average molecular weight is 413 g/mol. The molecule has 1 saturated heterocycles. The molecule has 1 heterocycles. The first-order valence-corrected chi connectivity index (χ1v) is 11.9. The van der Waals surface area contributed by atoms with Crippen LogP contribution in [-0.4, -0.2) is 31.3 Å². The second kappa shape index (κ2) is 19.1. The van der Waals surface area contributed by atoms with Gasteiger partial charge in [-0.15, -0.1) is 0 Å². The van der Waals surface area contributed by atoms with Crippen LogP contribution < -0.4 is 0 Å². The lowest BCUT2D eigenvalue weighted by molar-refractivity contribution is 0.311. The molecule has 30 heavy (non-hydrogen) atoms. The average Bonchev–Trinajstić information content (AvgIpc) is 2.93. The maximum atomic E-state index is 4.78. The Hall–Kier alpha value is -1.93. The summed E-state index contributed by atoms with van der Waals surface area (Å²) in [5.41, 5.74) is 7.99. The molecule has 1 aliphatic heterocycles. The van der Waals surface area contributed by atoms with Crippen LogP contribution in [0.1, 0.15) is 81.1 Å². The summed E-state index contributed by atoms with van der Waals surface area (Å²) >= 11 is 0. The van der Waals surface area contributed by atoms with Gasteiger partial charge in [-0.25, -0.2) is 0 Å². The Labute approximate surface area is 188 Å². The van der Waals surface area contributed by atoms with Crippen molar-refractivity contribution < 1.29 is 0 Å². The van der Waals surface area contributed by atoms with Crippen molar-refractivity contribution in [1.82, 2.24) is 4.90 Å². The standard InChI is InChI=1S/C22H30N2.3C2H6/c1-6-9-20-18(8-3)11-10-17(4)22(23-14-7-2)21(20)19-12-15-24(5)16-13-19;3*1-2/h6-9,14H,2-3,10-13,15-16H2,1,4-5H3;3*1-2H3/b9-6-,23-14?;;;. The molecule has 0 bridgehead atoms. The zero-order valence-electron chi connectivity index (χ0n) is 21.4. The van der Waals surface area contributed by atoms with Crippen LogP contribution in [-0.2, 0) is 0 Å². The third-order valence-electron chi connectivity index (χ3n) is 4.86. The van der Waals surface area contributed by atoms with E-state index in [2.05, 4.69) is 51.1 Å². The van der Waals surface area contributed by atoms with E-state index in [-0.39, 0.29) is 0 Å². The highest BCUT2D eigenvalue weighted by molar-refractivity contribution is 5.73. The molecule has 0 radical (unpaired) electrons. The molecule has 2 nitrogen and oxygen atoms in total. The molecule has 0 atom stereocenters. The van der Waals surface area contributed by atoms with Gasteiger partial charge in [0.05, 0.1) is 5.70 Å². The van der Waals surface area contributed by atoms with E-state index in [4.69, 9.17) is 4.99 Å². The molecule has 2 heteroatoms. The SMILES string of the molecule is C=CC=NC1=C(C)CCC(C=C)=C(/C=C\C)C1=C1CCN(C)CC1.CC.CC.CC. The molecule has 2 aliphatic rings. The van der Waals surface area contributed by atoms with Crippen molar-refractivity contribution in [2.75, 3.05) is 20.1 Å². The van der Waals surface area contributed by atoms with Crippen LogP contribution in [0.5, 0.6) is 0 Å². The van der Waals surface area contributed by atoms with Gasteiger partial charge in [-0.05, 0) is 63.3 Å². The fraction of sp³-hybridized carbons (Fsp3) is 0.536. The van der Waals surface area contributed by atoms with E-state index in [1.165, 1.54) is 27.9 Å². The molecular weight excluding hydrogens is 364 g/mol.